The van der Waals surface area contributed by atoms with Gasteiger partial charge in [0.15, 0.2) is 0 Å². The number of fused-ring (bicyclic) bond motifs is 2. The van der Waals surface area contributed by atoms with Crippen LogP contribution in [0, 0.1) is 6.92 Å². The van der Waals surface area contributed by atoms with Gasteiger partial charge < -0.3 is 0 Å². The molecule has 3 aromatic carbocycles. The van der Waals surface area contributed by atoms with Gasteiger partial charge in [-0.25, -0.2) is 0 Å². The quantitative estimate of drug-likeness (QED) is 0.497. The van der Waals surface area contributed by atoms with Crippen LogP contribution in [0.15, 0.2) is 54.6 Å². The summed E-state index contributed by atoms with van der Waals surface area (Å²) < 4.78 is 0. The van der Waals surface area contributed by atoms with E-state index in [1.54, 1.807) is 0 Å². The number of hydrogen-bond donors (Lipinski definition) is 0. The van der Waals surface area contributed by atoms with Crippen molar-refractivity contribution in [2.75, 3.05) is 0 Å². The van der Waals surface area contributed by atoms with Crippen LogP contribution in [0.5, 0.6) is 0 Å². The van der Waals surface area contributed by atoms with Crippen molar-refractivity contribution in [2.45, 2.75) is 13.8 Å². The minimum atomic E-state index is 1.30. The molecular weight excluding hydrogens is 216 g/mol. The molecule has 3 rings (SSSR count). The van der Waals surface area contributed by atoms with Crippen molar-refractivity contribution in [1.29, 1.82) is 0 Å². The lowest BCUT2D eigenvalue weighted by molar-refractivity contribution is 1.53. The number of aryl methyl sites for hydroxylation is 1. The van der Waals surface area contributed by atoms with E-state index in [0.29, 0.717) is 0 Å². The Labute approximate surface area is 108 Å². The summed E-state index contributed by atoms with van der Waals surface area (Å²) in [6.45, 7) is 4.24. The van der Waals surface area contributed by atoms with Crippen LogP contribution in [0.2, 0.25) is 0 Å². The highest BCUT2D eigenvalue weighted by Gasteiger charge is 2.03. The van der Waals surface area contributed by atoms with Gasteiger partial charge in [-0.3, -0.25) is 0 Å². The van der Waals surface area contributed by atoms with E-state index in [-0.39, 0.29) is 0 Å². The molecule has 0 amide bonds. The Morgan fingerprint density at radius 3 is 2.17 bits per heavy atom. The summed E-state index contributed by atoms with van der Waals surface area (Å²) in [7, 11) is 0. The second kappa shape index (κ2) is 4.30. The van der Waals surface area contributed by atoms with Gasteiger partial charge in [0.25, 0.3) is 0 Å². The summed E-state index contributed by atoms with van der Waals surface area (Å²) in [6, 6.07) is 17.5. The van der Waals surface area contributed by atoms with Gasteiger partial charge in [0.2, 0.25) is 0 Å². The third kappa shape index (κ3) is 1.70. The molecule has 0 heteroatoms. The van der Waals surface area contributed by atoms with Crippen LogP contribution in [0.25, 0.3) is 27.6 Å². The van der Waals surface area contributed by atoms with E-state index >= 15 is 0 Å². The van der Waals surface area contributed by atoms with E-state index in [9.17, 15) is 0 Å². The molecule has 0 saturated heterocycles. The Morgan fingerprint density at radius 2 is 1.50 bits per heavy atom. The zero-order valence-electron chi connectivity index (χ0n) is 10.8. The van der Waals surface area contributed by atoms with Gasteiger partial charge in [-0.05, 0) is 58.7 Å². The first-order valence-electron chi connectivity index (χ1n) is 6.34. The zero-order chi connectivity index (χ0) is 12.5. The van der Waals surface area contributed by atoms with Crippen molar-refractivity contribution in [3.63, 3.8) is 0 Å². The lowest BCUT2D eigenvalue weighted by atomic mass is 9.96. The first-order valence-corrected chi connectivity index (χ1v) is 6.34. The van der Waals surface area contributed by atoms with E-state index in [0.717, 1.165) is 0 Å². The molecule has 0 radical (unpaired) electrons. The largest absolute Gasteiger partial charge is 0.0870 e. The van der Waals surface area contributed by atoms with Crippen LogP contribution in [-0.4, -0.2) is 0 Å². The van der Waals surface area contributed by atoms with E-state index in [1.807, 2.05) is 0 Å². The summed E-state index contributed by atoms with van der Waals surface area (Å²) in [6.07, 6.45) is 4.27. The molecule has 0 aliphatic carbocycles. The second-order valence-corrected chi connectivity index (χ2v) is 4.72. The predicted molar refractivity (Wildman–Crippen MR) is 80.9 cm³/mol. The number of rotatable bonds is 1. The summed E-state index contributed by atoms with van der Waals surface area (Å²) >= 11 is 0. The van der Waals surface area contributed by atoms with Crippen molar-refractivity contribution in [3.8, 4) is 0 Å². The normalized spacial score (nSPS) is 11.7. The number of hydrogen-bond acceptors (Lipinski definition) is 0. The van der Waals surface area contributed by atoms with Gasteiger partial charge in [-0.15, -0.1) is 0 Å². The molecule has 0 unspecified atom stereocenters. The Balaban J connectivity index is 2.48. The maximum absolute atomic E-state index is 2.30. The topological polar surface area (TPSA) is 0 Å². The molecule has 0 bridgehead atoms. The average Bonchev–Trinajstić information content (AvgIpc) is 2.41. The van der Waals surface area contributed by atoms with Crippen LogP contribution in [-0.2, 0) is 0 Å². The fraction of sp³-hybridized carbons (Fsp3) is 0.111. The summed E-state index contributed by atoms with van der Waals surface area (Å²) in [5.74, 6) is 0. The van der Waals surface area contributed by atoms with Gasteiger partial charge in [-0.2, -0.15) is 0 Å². The van der Waals surface area contributed by atoms with E-state index in [2.05, 4.69) is 74.5 Å². The van der Waals surface area contributed by atoms with Crippen LogP contribution >= 0.6 is 0 Å². The Bertz CT molecular complexity index is 748. The van der Waals surface area contributed by atoms with Gasteiger partial charge >= 0.3 is 0 Å². The maximum atomic E-state index is 2.30. The fourth-order valence-corrected chi connectivity index (χ4v) is 2.52. The second-order valence-electron chi connectivity index (χ2n) is 4.72. The Hall–Kier alpha value is -2.08. The van der Waals surface area contributed by atoms with Crippen molar-refractivity contribution >= 4 is 27.6 Å². The third-order valence-corrected chi connectivity index (χ3v) is 3.48. The molecule has 3 aromatic rings. The first kappa shape index (κ1) is 11.0. The molecule has 0 heterocycles. The molecule has 0 saturated carbocycles. The smallest absolute Gasteiger partial charge is 0.0102 e. The van der Waals surface area contributed by atoms with E-state index < -0.39 is 0 Å². The summed E-state index contributed by atoms with van der Waals surface area (Å²) in [5.41, 5.74) is 2.63. The van der Waals surface area contributed by atoms with Crippen molar-refractivity contribution in [2.24, 2.45) is 0 Å². The summed E-state index contributed by atoms with van der Waals surface area (Å²) in [4.78, 5) is 0. The lowest BCUT2D eigenvalue weighted by Gasteiger charge is -2.08. The standard InChI is InChI=1S/C18H16/c1-3-6-14-10-9-13(2)17-11-15-7-4-5-8-16(15)12-18(14)17/h3-12H,1-2H3. The van der Waals surface area contributed by atoms with Crippen molar-refractivity contribution in [1.82, 2.24) is 0 Å². The fourth-order valence-electron chi connectivity index (χ4n) is 2.52. The van der Waals surface area contributed by atoms with Crippen LogP contribution in [0.4, 0.5) is 0 Å². The van der Waals surface area contributed by atoms with Crippen molar-refractivity contribution in [3.05, 3.63) is 65.7 Å². The van der Waals surface area contributed by atoms with Gasteiger partial charge in [0, 0.05) is 0 Å². The average molecular weight is 232 g/mol. The van der Waals surface area contributed by atoms with Gasteiger partial charge in [0.05, 0.1) is 0 Å². The number of benzene rings is 3. The maximum Gasteiger partial charge on any atom is -0.0102 e. The summed E-state index contributed by atoms with van der Waals surface area (Å²) in [5, 5.41) is 5.31. The molecule has 0 spiro atoms. The molecule has 0 aliphatic rings. The molecule has 0 aliphatic heterocycles. The zero-order valence-corrected chi connectivity index (χ0v) is 10.8. The highest BCUT2D eigenvalue weighted by atomic mass is 14.1. The Kier molecular flexibility index (Phi) is 2.64. The predicted octanol–water partition coefficient (Wildman–Crippen LogP) is 5.33. The minimum absolute atomic E-state index is 1.30. The van der Waals surface area contributed by atoms with Crippen LogP contribution in [0.1, 0.15) is 18.1 Å². The Morgan fingerprint density at radius 1 is 0.833 bits per heavy atom. The molecule has 0 nitrogen and oxygen atoms in total. The lowest BCUT2D eigenvalue weighted by Crippen LogP contribution is -1.84. The number of allylic oxidation sites excluding steroid dienone is 1. The van der Waals surface area contributed by atoms with Crippen LogP contribution in [0.3, 0.4) is 0 Å². The van der Waals surface area contributed by atoms with Crippen LogP contribution < -0.4 is 0 Å². The molecular formula is C18H16. The van der Waals surface area contributed by atoms with Crippen molar-refractivity contribution < 1.29 is 0 Å². The molecule has 0 fully saturated rings. The molecule has 18 heavy (non-hydrogen) atoms. The molecule has 88 valence electrons. The highest BCUT2D eigenvalue weighted by molar-refractivity contribution is 6.02. The minimum Gasteiger partial charge on any atom is -0.0870 e. The third-order valence-electron chi connectivity index (χ3n) is 3.48. The molecule has 0 N–H and O–H groups in total. The van der Waals surface area contributed by atoms with Gasteiger partial charge in [0.1, 0.15) is 0 Å². The SMILES string of the molecule is CC=Cc1ccc(C)c2cc3ccccc3cc12. The van der Waals surface area contributed by atoms with E-state index in [4.69, 9.17) is 0 Å². The molecule has 0 aromatic heterocycles. The highest BCUT2D eigenvalue weighted by Crippen LogP contribution is 2.28. The van der Waals surface area contributed by atoms with Gasteiger partial charge in [-0.1, -0.05) is 48.6 Å². The van der Waals surface area contributed by atoms with E-state index in [1.165, 1.54) is 32.7 Å². The first-order chi connectivity index (χ1) is 8.79. The molecule has 0 atom stereocenters. The monoisotopic (exact) mass is 232 g/mol.